The van der Waals surface area contributed by atoms with Crippen molar-refractivity contribution in [2.24, 2.45) is 0 Å². The third-order valence-corrected chi connectivity index (χ3v) is 3.01. The van der Waals surface area contributed by atoms with Gasteiger partial charge in [0.1, 0.15) is 17.2 Å². The Morgan fingerprint density at radius 2 is 1.91 bits per heavy atom. The summed E-state index contributed by atoms with van der Waals surface area (Å²) in [6.45, 7) is 3.18. The van der Waals surface area contributed by atoms with E-state index in [1.165, 1.54) is 19.1 Å². The lowest BCUT2D eigenvalue weighted by Gasteiger charge is -2.07. The van der Waals surface area contributed by atoms with Gasteiger partial charge < -0.3 is 11.1 Å². The van der Waals surface area contributed by atoms with Gasteiger partial charge in [0.05, 0.1) is 0 Å². The highest BCUT2D eigenvalue weighted by molar-refractivity contribution is 5.97. The molecule has 0 aliphatic rings. The Labute approximate surface area is 126 Å². The highest BCUT2D eigenvalue weighted by atomic mass is 19.1. The van der Waals surface area contributed by atoms with Gasteiger partial charge in [-0.3, -0.25) is 9.59 Å². The third kappa shape index (κ3) is 3.63. The number of amides is 1. The molecule has 1 aromatic heterocycles. The molecule has 7 heteroatoms. The molecule has 2 aromatic rings. The molecule has 0 unspecified atom stereocenters. The Morgan fingerprint density at radius 1 is 1.23 bits per heavy atom. The van der Waals surface area contributed by atoms with Gasteiger partial charge in [-0.1, -0.05) is 12.1 Å². The summed E-state index contributed by atoms with van der Waals surface area (Å²) in [5.41, 5.74) is 6.82. The lowest BCUT2D eigenvalue weighted by atomic mass is 10.1. The normalized spacial score (nSPS) is 10.3. The monoisotopic (exact) mass is 302 g/mol. The van der Waals surface area contributed by atoms with Gasteiger partial charge in [0, 0.05) is 13.5 Å². The van der Waals surface area contributed by atoms with E-state index in [-0.39, 0.29) is 35.5 Å². The Kier molecular flexibility index (Phi) is 4.45. The molecule has 3 N–H and O–H groups in total. The fraction of sp³-hybridized carbons (Fsp3) is 0.200. The van der Waals surface area contributed by atoms with Crippen molar-refractivity contribution < 1.29 is 14.0 Å². The fourth-order valence-electron chi connectivity index (χ4n) is 1.85. The highest BCUT2D eigenvalue weighted by Gasteiger charge is 2.13. The molecule has 1 aromatic carbocycles. The number of Topliss-reactive ketones (excluding diaryl/α,β-unsaturated/α-hetero) is 1. The van der Waals surface area contributed by atoms with Crippen molar-refractivity contribution in [1.82, 2.24) is 15.3 Å². The minimum atomic E-state index is -0.487. The molecule has 22 heavy (non-hydrogen) atoms. The number of ketones is 1. The van der Waals surface area contributed by atoms with Crippen molar-refractivity contribution >= 4 is 17.6 Å². The van der Waals surface area contributed by atoms with Gasteiger partial charge in [0.15, 0.2) is 5.78 Å². The van der Waals surface area contributed by atoms with Crippen LogP contribution in [0.1, 0.15) is 39.0 Å². The first kappa shape index (κ1) is 15.6. The van der Waals surface area contributed by atoms with Crippen molar-refractivity contribution in [2.45, 2.75) is 20.4 Å². The number of carbonyl (C=O) groups excluding carboxylic acids is 2. The maximum atomic E-state index is 13.2. The van der Waals surface area contributed by atoms with Crippen LogP contribution < -0.4 is 11.1 Å². The molecule has 0 radical (unpaired) electrons. The van der Waals surface area contributed by atoms with Gasteiger partial charge in [0.2, 0.25) is 5.95 Å². The number of aromatic nitrogens is 2. The van der Waals surface area contributed by atoms with E-state index in [1.807, 2.05) is 0 Å². The minimum absolute atomic E-state index is 0.0107. The second-order valence-electron chi connectivity index (χ2n) is 4.82. The van der Waals surface area contributed by atoms with E-state index in [4.69, 9.17) is 5.73 Å². The van der Waals surface area contributed by atoms with Crippen LogP contribution in [-0.4, -0.2) is 21.7 Å². The molecule has 0 spiro atoms. The van der Waals surface area contributed by atoms with Crippen molar-refractivity contribution in [1.29, 1.82) is 0 Å². The fourth-order valence-corrected chi connectivity index (χ4v) is 1.85. The van der Waals surface area contributed by atoms with E-state index in [2.05, 4.69) is 15.3 Å². The molecule has 6 nitrogen and oxygen atoms in total. The quantitative estimate of drug-likeness (QED) is 0.837. The summed E-state index contributed by atoms with van der Waals surface area (Å²) in [5.74, 6) is -1.24. The van der Waals surface area contributed by atoms with E-state index in [0.717, 1.165) is 5.56 Å². The van der Waals surface area contributed by atoms with Gasteiger partial charge in [-0.25, -0.2) is 14.4 Å². The number of carbonyl (C=O) groups is 2. The number of halogens is 1. The zero-order chi connectivity index (χ0) is 16.3. The Bertz CT molecular complexity index is 746. The molecule has 0 bridgehead atoms. The number of benzene rings is 1. The molecular formula is C15H15FN4O2. The van der Waals surface area contributed by atoms with Crippen LogP contribution in [-0.2, 0) is 6.54 Å². The molecule has 2 rings (SSSR count). The summed E-state index contributed by atoms with van der Waals surface area (Å²) in [6.07, 6.45) is 0. The highest BCUT2D eigenvalue weighted by Crippen LogP contribution is 2.09. The van der Waals surface area contributed by atoms with E-state index >= 15 is 0 Å². The summed E-state index contributed by atoms with van der Waals surface area (Å²) < 4.78 is 13.2. The summed E-state index contributed by atoms with van der Waals surface area (Å²) in [4.78, 5) is 30.9. The maximum Gasteiger partial charge on any atom is 0.270 e. The second-order valence-corrected chi connectivity index (χ2v) is 4.82. The molecular weight excluding hydrogens is 287 g/mol. The lowest BCUT2D eigenvalue weighted by molar-refractivity contribution is 0.0946. The Hall–Kier alpha value is -2.83. The average molecular weight is 302 g/mol. The van der Waals surface area contributed by atoms with Crippen LogP contribution in [0.5, 0.6) is 0 Å². The lowest BCUT2D eigenvalue weighted by Crippen LogP contribution is -2.25. The predicted octanol–water partition coefficient (Wildman–Crippen LogP) is 1.64. The standard InChI is InChI=1S/C15H15FN4O2/c1-8-5-10(3-4-11(8)16)7-18-14(22)13-6-12(9(2)21)19-15(17)20-13/h3-6H,7H2,1-2H3,(H,18,22)(H2,17,19,20). The number of nitrogens with two attached hydrogens (primary N) is 1. The molecule has 0 aliphatic carbocycles. The first-order valence-electron chi connectivity index (χ1n) is 6.55. The van der Waals surface area contributed by atoms with Gasteiger partial charge >= 0.3 is 0 Å². The zero-order valence-corrected chi connectivity index (χ0v) is 12.2. The number of rotatable bonds is 4. The molecule has 0 saturated heterocycles. The van der Waals surface area contributed by atoms with Crippen molar-refractivity contribution in [3.05, 3.63) is 52.6 Å². The Balaban J connectivity index is 2.12. The smallest absolute Gasteiger partial charge is 0.270 e. The molecule has 1 amide bonds. The number of nitrogen functional groups attached to an aromatic ring is 1. The van der Waals surface area contributed by atoms with Crippen LogP contribution >= 0.6 is 0 Å². The van der Waals surface area contributed by atoms with Gasteiger partial charge in [0.25, 0.3) is 5.91 Å². The van der Waals surface area contributed by atoms with Crippen LogP contribution in [0.15, 0.2) is 24.3 Å². The maximum absolute atomic E-state index is 13.2. The van der Waals surface area contributed by atoms with Gasteiger partial charge in [-0.2, -0.15) is 0 Å². The van der Waals surface area contributed by atoms with Crippen LogP contribution in [0.2, 0.25) is 0 Å². The van der Waals surface area contributed by atoms with Gasteiger partial charge in [-0.15, -0.1) is 0 Å². The van der Waals surface area contributed by atoms with Crippen LogP contribution in [0, 0.1) is 12.7 Å². The predicted molar refractivity (Wildman–Crippen MR) is 78.8 cm³/mol. The van der Waals surface area contributed by atoms with E-state index in [0.29, 0.717) is 5.56 Å². The number of hydrogen-bond acceptors (Lipinski definition) is 5. The van der Waals surface area contributed by atoms with Gasteiger partial charge in [-0.05, 0) is 30.2 Å². The van der Waals surface area contributed by atoms with Crippen molar-refractivity contribution in [3.8, 4) is 0 Å². The number of hydrogen-bond donors (Lipinski definition) is 2. The number of anilines is 1. The van der Waals surface area contributed by atoms with Crippen molar-refractivity contribution in [2.75, 3.05) is 5.73 Å². The summed E-state index contributed by atoms with van der Waals surface area (Å²) >= 11 is 0. The zero-order valence-electron chi connectivity index (χ0n) is 12.2. The Morgan fingerprint density at radius 3 is 2.55 bits per heavy atom. The SMILES string of the molecule is CC(=O)c1cc(C(=O)NCc2ccc(F)c(C)c2)nc(N)n1. The summed E-state index contributed by atoms with van der Waals surface area (Å²) in [6, 6.07) is 5.85. The first-order valence-corrected chi connectivity index (χ1v) is 6.55. The molecule has 114 valence electrons. The molecule has 0 saturated carbocycles. The molecule has 0 aliphatic heterocycles. The minimum Gasteiger partial charge on any atom is -0.368 e. The second kappa shape index (κ2) is 6.30. The summed E-state index contributed by atoms with van der Waals surface area (Å²) in [7, 11) is 0. The van der Waals surface area contributed by atoms with Crippen LogP contribution in [0.4, 0.5) is 10.3 Å². The van der Waals surface area contributed by atoms with Crippen LogP contribution in [0.25, 0.3) is 0 Å². The van der Waals surface area contributed by atoms with E-state index in [1.54, 1.807) is 19.1 Å². The third-order valence-electron chi connectivity index (χ3n) is 3.01. The molecule has 0 fully saturated rings. The van der Waals surface area contributed by atoms with Crippen LogP contribution in [0.3, 0.4) is 0 Å². The first-order chi connectivity index (χ1) is 10.4. The summed E-state index contributed by atoms with van der Waals surface area (Å²) in [5, 5.41) is 2.64. The number of nitrogens with one attached hydrogen (secondary N) is 1. The number of aryl methyl sites for hydroxylation is 1. The van der Waals surface area contributed by atoms with Crippen molar-refractivity contribution in [3.63, 3.8) is 0 Å². The average Bonchev–Trinajstić information content (AvgIpc) is 2.47. The topological polar surface area (TPSA) is 98.0 Å². The van der Waals surface area contributed by atoms with E-state index in [9.17, 15) is 14.0 Å². The largest absolute Gasteiger partial charge is 0.368 e. The van der Waals surface area contributed by atoms with E-state index < -0.39 is 5.91 Å². The molecule has 0 atom stereocenters. The molecule has 1 heterocycles. The number of nitrogens with zero attached hydrogens (tertiary/aromatic N) is 2.